The Morgan fingerprint density at radius 3 is 2.50 bits per heavy atom. The van der Waals surface area contributed by atoms with Gasteiger partial charge in [-0.2, -0.15) is 0 Å². The number of rotatable bonds is 7. The van der Waals surface area contributed by atoms with E-state index in [1.165, 1.54) is 18.5 Å². The van der Waals surface area contributed by atoms with E-state index in [0.717, 1.165) is 24.3 Å². The van der Waals surface area contributed by atoms with Gasteiger partial charge in [0.25, 0.3) is 5.91 Å². The van der Waals surface area contributed by atoms with E-state index in [1.54, 1.807) is 19.1 Å². The summed E-state index contributed by atoms with van der Waals surface area (Å²) in [6.45, 7) is 5.34. The molecule has 1 N–H and O–H groups in total. The lowest BCUT2D eigenvalue weighted by Crippen LogP contribution is -2.29. The molecule has 0 unspecified atom stereocenters. The largest absolute Gasteiger partial charge is 0.479 e. The zero-order chi connectivity index (χ0) is 19.9. The predicted octanol–water partition coefficient (Wildman–Crippen LogP) is 3.54. The van der Waals surface area contributed by atoms with Crippen molar-refractivity contribution in [2.24, 2.45) is 0 Å². The third-order valence-corrected chi connectivity index (χ3v) is 4.69. The Morgan fingerprint density at radius 1 is 1.11 bits per heavy atom. The minimum atomic E-state index is -0.795. The van der Waals surface area contributed by atoms with Crippen molar-refractivity contribution in [1.29, 1.82) is 0 Å². The Morgan fingerprint density at radius 2 is 1.82 bits per heavy atom. The predicted molar refractivity (Wildman–Crippen MR) is 109 cm³/mol. The smallest absolute Gasteiger partial charge is 0.347 e. The highest BCUT2D eigenvalue weighted by molar-refractivity contribution is 5.94. The first kappa shape index (κ1) is 19.7. The quantitative estimate of drug-likeness (QED) is 0.742. The summed E-state index contributed by atoms with van der Waals surface area (Å²) < 4.78 is 10.6. The molecule has 1 fully saturated rings. The molecule has 6 heteroatoms. The van der Waals surface area contributed by atoms with Crippen LogP contribution in [0.1, 0.15) is 25.3 Å². The van der Waals surface area contributed by atoms with Crippen LogP contribution in [-0.2, 0) is 14.3 Å². The first-order valence-corrected chi connectivity index (χ1v) is 9.57. The van der Waals surface area contributed by atoms with Gasteiger partial charge in [-0.25, -0.2) is 4.79 Å². The van der Waals surface area contributed by atoms with Crippen LogP contribution in [0.25, 0.3) is 0 Å². The zero-order valence-corrected chi connectivity index (χ0v) is 16.3. The minimum absolute atomic E-state index is 0.353. The Hall–Kier alpha value is -3.02. The molecule has 1 aliphatic rings. The number of carbonyl (C=O) groups excluding carboxylic acids is 2. The van der Waals surface area contributed by atoms with Crippen molar-refractivity contribution in [2.75, 3.05) is 29.9 Å². The lowest BCUT2D eigenvalue weighted by Gasteiger charge is -2.19. The third-order valence-electron chi connectivity index (χ3n) is 4.69. The molecule has 0 aliphatic carbocycles. The molecule has 0 saturated carbocycles. The van der Waals surface area contributed by atoms with Gasteiger partial charge in [-0.15, -0.1) is 0 Å². The van der Waals surface area contributed by atoms with Gasteiger partial charge in [0, 0.05) is 24.5 Å². The maximum atomic E-state index is 12.2. The van der Waals surface area contributed by atoms with E-state index in [-0.39, 0.29) is 12.5 Å². The van der Waals surface area contributed by atoms with Crippen molar-refractivity contribution in [3.63, 3.8) is 0 Å². The maximum absolute atomic E-state index is 12.2. The first-order chi connectivity index (χ1) is 13.5. The summed E-state index contributed by atoms with van der Waals surface area (Å²) in [6, 6.07) is 15.0. The molecule has 2 aromatic rings. The Labute approximate surface area is 165 Å². The molecule has 6 nitrogen and oxygen atoms in total. The first-order valence-electron chi connectivity index (χ1n) is 9.57. The van der Waals surface area contributed by atoms with Gasteiger partial charge < -0.3 is 19.7 Å². The Kier molecular flexibility index (Phi) is 6.53. The molecule has 0 radical (unpaired) electrons. The van der Waals surface area contributed by atoms with E-state index < -0.39 is 12.1 Å². The molecule has 3 rings (SSSR count). The van der Waals surface area contributed by atoms with Crippen molar-refractivity contribution in [3.05, 3.63) is 54.1 Å². The van der Waals surface area contributed by atoms with Gasteiger partial charge in [-0.3, -0.25) is 4.79 Å². The van der Waals surface area contributed by atoms with E-state index in [9.17, 15) is 9.59 Å². The molecule has 1 heterocycles. The molecule has 1 aliphatic heterocycles. The number of anilines is 2. The average molecular weight is 382 g/mol. The number of nitrogens with zero attached hydrogens (tertiary/aromatic N) is 1. The average Bonchev–Trinajstić information content (AvgIpc) is 3.23. The van der Waals surface area contributed by atoms with Crippen molar-refractivity contribution in [1.82, 2.24) is 0 Å². The van der Waals surface area contributed by atoms with Gasteiger partial charge in [0.2, 0.25) is 0 Å². The van der Waals surface area contributed by atoms with Gasteiger partial charge in [0.15, 0.2) is 12.7 Å². The van der Waals surface area contributed by atoms with Gasteiger partial charge in [0.05, 0.1) is 0 Å². The molecule has 1 amide bonds. The number of hydrogen-bond acceptors (Lipinski definition) is 5. The molecule has 1 atom stereocenters. The van der Waals surface area contributed by atoms with Crippen molar-refractivity contribution < 1.29 is 19.1 Å². The van der Waals surface area contributed by atoms with Crippen LogP contribution in [0.5, 0.6) is 5.75 Å². The van der Waals surface area contributed by atoms with Crippen LogP contribution in [0.15, 0.2) is 48.5 Å². The maximum Gasteiger partial charge on any atom is 0.347 e. The summed E-state index contributed by atoms with van der Waals surface area (Å²) in [5, 5.41) is 2.80. The van der Waals surface area contributed by atoms with E-state index >= 15 is 0 Å². The van der Waals surface area contributed by atoms with E-state index in [2.05, 4.69) is 16.3 Å². The monoisotopic (exact) mass is 382 g/mol. The SMILES string of the molecule is Cc1cc(N2CCCC2)ccc1NC(=O)COC(=O)[C@H](C)Oc1ccccc1. The van der Waals surface area contributed by atoms with Gasteiger partial charge in [-0.05, 0) is 62.6 Å². The van der Waals surface area contributed by atoms with E-state index in [1.807, 2.05) is 37.3 Å². The normalized spacial score (nSPS) is 14.4. The third kappa shape index (κ3) is 5.25. The molecule has 148 valence electrons. The highest BCUT2D eigenvalue weighted by Crippen LogP contribution is 2.25. The second-order valence-electron chi connectivity index (χ2n) is 6.92. The van der Waals surface area contributed by atoms with Gasteiger partial charge in [-0.1, -0.05) is 18.2 Å². The number of nitrogens with one attached hydrogen (secondary N) is 1. The fourth-order valence-electron chi connectivity index (χ4n) is 3.15. The number of esters is 1. The summed E-state index contributed by atoms with van der Waals surface area (Å²) >= 11 is 0. The number of amides is 1. The van der Waals surface area contributed by atoms with Crippen molar-refractivity contribution in [3.8, 4) is 5.75 Å². The van der Waals surface area contributed by atoms with Crippen LogP contribution in [0, 0.1) is 6.92 Å². The van der Waals surface area contributed by atoms with Crippen LogP contribution in [-0.4, -0.2) is 37.7 Å². The molecule has 1 saturated heterocycles. The Balaban J connectivity index is 1.47. The summed E-state index contributed by atoms with van der Waals surface area (Å²) in [5.74, 6) is -0.387. The Bertz CT molecular complexity index is 817. The summed E-state index contributed by atoms with van der Waals surface area (Å²) in [7, 11) is 0. The molecule has 0 aromatic heterocycles. The van der Waals surface area contributed by atoms with Crippen LogP contribution in [0.2, 0.25) is 0 Å². The van der Waals surface area contributed by atoms with E-state index in [0.29, 0.717) is 5.75 Å². The van der Waals surface area contributed by atoms with Crippen molar-refractivity contribution >= 4 is 23.3 Å². The van der Waals surface area contributed by atoms with E-state index in [4.69, 9.17) is 9.47 Å². The highest BCUT2D eigenvalue weighted by atomic mass is 16.6. The molecule has 28 heavy (non-hydrogen) atoms. The molecular weight excluding hydrogens is 356 g/mol. The number of para-hydroxylation sites is 1. The molecular formula is C22H26N2O4. The van der Waals surface area contributed by atoms with Gasteiger partial charge in [0.1, 0.15) is 5.75 Å². The number of benzene rings is 2. The lowest BCUT2D eigenvalue weighted by atomic mass is 10.1. The zero-order valence-electron chi connectivity index (χ0n) is 16.3. The molecule has 0 bridgehead atoms. The lowest BCUT2D eigenvalue weighted by molar-refractivity contribution is -0.153. The number of carbonyl (C=O) groups is 2. The van der Waals surface area contributed by atoms with Crippen LogP contribution >= 0.6 is 0 Å². The minimum Gasteiger partial charge on any atom is -0.479 e. The topological polar surface area (TPSA) is 67.9 Å². The summed E-state index contributed by atoms with van der Waals surface area (Å²) in [4.78, 5) is 26.5. The van der Waals surface area contributed by atoms with Gasteiger partial charge >= 0.3 is 5.97 Å². The van der Waals surface area contributed by atoms with Crippen molar-refractivity contribution in [2.45, 2.75) is 32.8 Å². The number of ether oxygens (including phenoxy) is 2. The van der Waals surface area contributed by atoms with Crippen LogP contribution in [0.4, 0.5) is 11.4 Å². The number of aryl methyl sites for hydroxylation is 1. The summed E-state index contributed by atoms with van der Waals surface area (Å²) in [5.41, 5.74) is 2.87. The molecule has 2 aromatic carbocycles. The summed E-state index contributed by atoms with van der Waals surface area (Å²) in [6.07, 6.45) is 1.64. The van der Waals surface area contributed by atoms with Crippen LogP contribution < -0.4 is 15.0 Å². The standard InChI is InChI=1S/C22H26N2O4/c1-16-14-18(24-12-6-7-13-24)10-11-20(16)23-21(25)15-27-22(26)17(2)28-19-8-4-3-5-9-19/h3-5,8-11,14,17H,6-7,12-13,15H2,1-2H3,(H,23,25)/t17-/m0/s1. The fraction of sp³-hybridized carbons (Fsp3) is 0.364. The highest BCUT2D eigenvalue weighted by Gasteiger charge is 2.18. The molecule has 0 spiro atoms. The van der Waals surface area contributed by atoms with Crippen LogP contribution in [0.3, 0.4) is 0 Å². The second kappa shape index (κ2) is 9.26. The fourth-order valence-corrected chi connectivity index (χ4v) is 3.15. The number of hydrogen-bond donors (Lipinski definition) is 1. The second-order valence-corrected chi connectivity index (χ2v) is 6.92.